The normalized spacial score (nSPS) is 11.3. The number of hydrogen-bond acceptors (Lipinski definition) is 3. The highest BCUT2D eigenvalue weighted by atomic mass is 19.1. The summed E-state index contributed by atoms with van der Waals surface area (Å²) >= 11 is 0. The fourth-order valence-corrected chi connectivity index (χ4v) is 2.64. The topological polar surface area (TPSA) is 64.3 Å². The van der Waals surface area contributed by atoms with Crippen molar-refractivity contribution in [2.45, 2.75) is 0 Å². The highest BCUT2D eigenvalue weighted by molar-refractivity contribution is 6.03. The number of aromatic carboxylic acids is 1. The van der Waals surface area contributed by atoms with E-state index in [9.17, 15) is 14.3 Å². The van der Waals surface area contributed by atoms with Gasteiger partial charge in [0.15, 0.2) is 0 Å². The molecule has 0 saturated carbocycles. The number of benzene rings is 2. The lowest BCUT2D eigenvalue weighted by atomic mass is 10.1. The molecule has 0 spiro atoms. The second kappa shape index (κ2) is 6.16. The van der Waals surface area contributed by atoms with E-state index in [0.717, 1.165) is 5.52 Å². The molecular formula is C18H15FN2O3. The van der Waals surface area contributed by atoms with Crippen molar-refractivity contribution in [3.05, 3.63) is 59.0 Å². The monoisotopic (exact) mass is 326 g/mol. The fourth-order valence-electron chi connectivity index (χ4n) is 2.64. The second-order valence-electron chi connectivity index (χ2n) is 5.24. The van der Waals surface area contributed by atoms with Crippen LogP contribution in [0.15, 0.2) is 36.4 Å². The van der Waals surface area contributed by atoms with Crippen molar-refractivity contribution in [1.29, 1.82) is 0 Å². The number of halogens is 1. The van der Waals surface area contributed by atoms with Crippen LogP contribution < -0.4 is 4.74 Å². The van der Waals surface area contributed by atoms with Gasteiger partial charge in [0, 0.05) is 7.05 Å². The lowest BCUT2D eigenvalue weighted by molar-refractivity contribution is 0.0693. The van der Waals surface area contributed by atoms with E-state index in [1.54, 1.807) is 42.1 Å². The third-order valence-electron chi connectivity index (χ3n) is 3.72. The minimum atomic E-state index is -1.07. The Labute approximate surface area is 137 Å². The molecule has 0 aliphatic heterocycles. The molecule has 3 rings (SSSR count). The molecule has 0 aliphatic rings. The first-order chi connectivity index (χ1) is 11.5. The van der Waals surface area contributed by atoms with E-state index >= 15 is 0 Å². The molecule has 0 bridgehead atoms. The van der Waals surface area contributed by atoms with Crippen LogP contribution in [0, 0.1) is 5.82 Å². The minimum absolute atomic E-state index is 0.0680. The number of carbonyl (C=O) groups is 1. The van der Waals surface area contributed by atoms with E-state index in [1.807, 2.05) is 0 Å². The van der Waals surface area contributed by atoms with Gasteiger partial charge in [0.25, 0.3) is 0 Å². The summed E-state index contributed by atoms with van der Waals surface area (Å²) in [5.74, 6) is -1.14. The molecule has 24 heavy (non-hydrogen) atoms. The molecular weight excluding hydrogens is 311 g/mol. The second-order valence-corrected chi connectivity index (χ2v) is 5.24. The van der Waals surface area contributed by atoms with Crippen molar-refractivity contribution in [3.63, 3.8) is 0 Å². The lowest BCUT2D eigenvalue weighted by Crippen LogP contribution is -2.01. The predicted octanol–water partition coefficient (Wildman–Crippen LogP) is 3.59. The van der Waals surface area contributed by atoms with Crippen LogP contribution in [0.2, 0.25) is 0 Å². The van der Waals surface area contributed by atoms with Gasteiger partial charge in [0.2, 0.25) is 0 Å². The summed E-state index contributed by atoms with van der Waals surface area (Å²) in [5.41, 5.74) is 2.05. The number of aromatic nitrogens is 2. The van der Waals surface area contributed by atoms with Gasteiger partial charge in [-0.3, -0.25) is 4.68 Å². The number of aryl methyl sites for hydroxylation is 1. The van der Waals surface area contributed by atoms with E-state index < -0.39 is 5.97 Å². The highest BCUT2D eigenvalue weighted by Crippen LogP contribution is 2.33. The summed E-state index contributed by atoms with van der Waals surface area (Å²) < 4.78 is 20.2. The van der Waals surface area contributed by atoms with Gasteiger partial charge in [-0.15, -0.1) is 0 Å². The van der Waals surface area contributed by atoms with E-state index in [1.165, 1.54) is 25.3 Å². The summed E-state index contributed by atoms with van der Waals surface area (Å²) in [5, 5.41) is 14.3. The van der Waals surface area contributed by atoms with Crippen LogP contribution in [0.4, 0.5) is 4.39 Å². The number of carboxylic acid groups (broad SMARTS) is 1. The maximum atomic E-state index is 13.3. The number of ether oxygens (including phenoxy) is 1. The summed E-state index contributed by atoms with van der Waals surface area (Å²) in [6, 6.07) is 9.34. The van der Waals surface area contributed by atoms with Crippen molar-refractivity contribution in [2.75, 3.05) is 7.11 Å². The Bertz CT molecular complexity index is 960. The van der Waals surface area contributed by atoms with Crippen molar-refractivity contribution in [3.8, 4) is 5.75 Å². The molecule has 1 N–H and O–H groups in total. The summed E-state index contributed by atoms with van der Waals surface area (Å²) in [4.78, 5) is 11.4. The molecule has 0 unspecified atom stereocenters. The Morgan fingerprint density at radius 2 is 2.08 bits per heavy atom. The SMILES string of the molecule is COc1c(C(=O)O)ccc2c1c(/C=C/c1cccc(F)c1)nn2C. The van der Waals surface area contributed by atoms with Crippen molar-refractivity contribution in [2.24, 2.45) is 7.05 Å². The number of fused-ring (bicyclic) bond motifs is 1. The van der Waals surface area contributed by atoms with E-state index in [0.29, 0.717) is 16.6 Å². The van der Waals surface area contributed by atoms with Crippen LogP contribution in [-0.2, 0) is 7.05 Å². The molecule has 0 atom stereocenters. The van der Waals surface area contributed by atoms with Crippen LogP contribution in [0.1, 0.15) is 21.6 Å². The average molecular weight is 326 g/mol. The largest absolute Gasteiger partial charge is 0.495 e. The van der Waals surface area contributed by atoms with Gasteiger partial charge in [-0.05, 0) is 35.9 Å². The van der Waals surface area contributed by atoms with E-state index in [4.69, 9.17) is 4.74 Å². The van der Waals surface area contributed by atoms with Gasteiger partial charge in [-0.25, -0.2) is 9.18 Å². The van der Waals surface area contributed by atoms with Gasteiger partial charge in [-0.2, -0.15) is 5.10 Å². The summed E-state index contributed by atoms with van der Waals surface area (Å²) in [7, 11) is 3.19. The molecule has 1 aromatic heterocycles. The van der Waals surface area contributed by atoms with Gasteiger partial charge >= 0.3 is 5.97 Å². The van der Waals surface area contributed by atoms with Gasteiger partial charge in [0.05, 0.1) is 23.7 Å². The van der Waals surface area contributed by atoms with E-state index in [2.05, 4.69) is 5.10 Å². The number of hydrogen-bond donors (Lipinski definition) is 1. The molecule has 0 aliphatic carbocycles. The Kier molecular flexibility index (Phi) is 4.04. The first-order valence-electron chi connectivity index (χ1n) is 7.22. The zero-order chi connectivity index (χ0) is 17.3. The minimum Gasteiger partial charge on any atom is -0.495 e. The molecule has 1 heterocycles. The van der Waals surface area contributed by atoms with Crippen molar-refractivity contribution < 1.29 is 19.0 Å². The standard InChI is InChI=1S/C18H15FN2O3/c1-21-15-9-7-13(18(22)23)17(24-2)16(15)14(20-21)8-6-11-4-3-5-12(19)10-11/h3-10H,1-2H3,(H,22,23)/b8-6+. The van der Waals surface area contributed by atoms with E-state index in [-0.39, 0.29) is 17.1 Å². The van der Waals surface area contributed by atoms with Gasteiger partial charge in [0.1, 0.15) is 17.1 Å². The molecule has 0 radical (unpaired) electrons. The van der Waals surface area contributed by atoms with Crippen molar-refractivity contribution in [1.82, 2.24) is 9.78 Å². The number of carboxylic acids is 1. The predicted molar refractivity (Wildman–Crippen MR) is 89.6 cm³/mol. The molecule has 0 amide bonds. The maximum absolute atomic E-state index is 13.3. The molecule has 0 fully saturated rings. The molecule has 2 aromatic carbocycles. The molecule has 3 aromatic rings. The molecule has 6 heteroatoms. The smallest absolute Gasteiger partial charge is 0.339 e. The third kappa shape index (κ3) is 2.74. The average Bonchev–Trinajstić information content (AvgIpc) is 2.88. The third-order valence-corrected chi connectivity index (χ3v) is 3.72. The first-order valence-corrected chi connectivity index (χ1v) is 7.22. The van der Waals surface area contributed by atoms with Crippen LogP contribution in [0.3, 0.4) is 0 Å². The van der Waals surface area contributed by atoms with Crippen LogP contribution in [-0.4, -0.2) is 28.0 Å². The van der Waals surface area contributed by atoms with Crippen molar-refractivity contribution >= 4 is 29.0 Å². The zero-order valence-electron chi connectivity index (χ0n) is 13.2. The Balaban J connectivity index is 2.17. The number of rotatable bonds is 4. The Hall–Kier alpha value is -3.15. The zero-order valence-corrected chi connectivity index (χ0v) is 13.2. The van der Waals surface area contributed by atoms with Crippen LogP contribution in [0.5, 0.6) is 5.75 Å². The van der Waals surface area contributed by atoms with Gasteiger partial charge in [-0.1, -0.05) is 18.2 Å². The molecule has 0 saturated heterocycles. The first kappa shape index (κ1) is 15.7. The maximum Gasteiger partial charge on any atom is 0.339 e. The summed E-state index contributed by atoms with van der Waals surface area (Å²) in [6.07, 6.45) is 3.43. The summed E-state index contributed by atoms with van der Waals surface area (Å²) in [6.45, 7) is 0. The Morgan fingerprint density at radius 3 is 2.75 bits per heavy atom. The molecule has 122 valence electrons. The number of nitrogens with zero attached hydrogens (tertiary/aromatic N) is 2. The van der Waals surface area contributed by atoms with Gasteiger partial charge < -0.3 is 9.84 Å². The van der Waals surface area contributed by atoms with Crippen LogP contribution >= 0.6 is 0 Å². The quantitative estimate of drug-likeness (QED) is 0.796. The van der Waals surface area contributed by atoms with Crippen LogP contribution in [0.25, 0.3) is 23.1 Å². The lowest BCUT2D eigenvalue weighted by Gasteiger charge is -2.06. The fraction of sp³-hybridized carbons (Fsp3) is 0.111. The Morgan fingerprint density at radius 1 is 1.29 bits per heavy atom. The highest BCUT2D eigenvalue weighted by Gasteiger charge is 2.19. The number of methoxy groups -OCH3 is 1. The molecule has 5 nitrogen and oxygen atoms in total.